The smallest absolute Gasteiger partial charge is 0.234 e. The zero-order chi connectivity index (χ0) is 14.5. The predicted molar refractivity (Wildman–Crippen MR) is 84.7 cm³/mol. The van der Waals surface area contributed by atoms with Gasteiger partial charge < -0.3 is 11.1 Å². The number of nitrogens with zero attached hydrogens (tertiary/aromatic N) is 2. The van der Waals surface area contributed by atoms with Gasteiger partial charge in [-0.25, -0.2) is 9.97 Å². The van der Waals surface area contributed by atoms with Gasteiger partial charge in [-0.2, -0.15) is 0 Å². The zero-order valence-electron chi connectivity index (χ0n) is 10.8. The predicted octanol–water partition coefficient (Wildman–Crippen LogP) is 2.86. The van der Waals surface area contributed by atoms with Crippen LogP contribution >= 0.6 is 27.7 Å². The number of carbonyl (C=O) groups is 1. The third kappa shape index (κ3) is 4.50. The quantitative estimate of drug-likeness (QED) is 0.653. The Morgan fingerprint density at radius 2 is 2.05 bits per heavy atom. The fourth-order valence-corrected chi connectivity index (χ4v) is 2.47. The Labute approximate surface area is 129 Å². The molecule has 2 aromatic rings. The zero-order valence-corrected chi connectivity index (χ0v) is 13.2. The Morgan fingerprint density at radius 3 is 2.70 bits per heavy atom. The first-order valence-electron chi connectivity index (χ1n) is 5.82. The molecule has 0 fully saturated rings. The lowest BCUT2D eigenvalue weighted by Crippen LogP contribution is -2.14. The highest BCUT2D eigenvalue weighted by Crippen LogP contribution is 2.17. The third-order valence-corrected chi connectivity index (χ3v) is 3.69. The number of aromatic nitrogens is 2. The van der Waals surface area contributed by atoms with E-state index in [-0.39, 0.29) is 11.7 Å². The van der Waals surface area contributed by atoms with Crippen LogP contribution in [0.25, 0.3) is 0 Å². The molecule has 0 saturated heterocycles. The first-order chi connectivity index (χ1) is 9.52. The maximum absolute atomic E-state index is 11.8. The fraction of sp³-hybridized carbons (Fsp3) is 0.154. The first kappa shape index (κ1) is 14.8. The van der Waals surface area contributed by atoms with Crippen molar-refractivity contribution in [2.45, 2.75) is 12.1 Å². The van der Waals surface area contributed by atoms with Crippen molar-refractivity contribution in [2.75, 3.05) is 16.8 Å². The highest BCUT2D eigenvalue weighted by atomic mass is 79.9. The molecule has 1 aromatic carbocycles. The van der Waals surface area contributed by atoms with Crippen LogP contribution in [0.15, 0.2) is 40.0 Å². The summed E-state index contributed by atoms with van der Waals surface area (Å²) in [5, 5.41) is 3.31. The monoisotopic (exact) mass is 352 g/mol. The Hall–Kier alpha value is -1.60. The largest absolute Gasteiger partial charge is 0.384 e. The van der Waals surface area contributed by atoms with Crippen molar-refractivity contribution in [3.8, 4) is 0 Å². The summed E-state index contributed by atoms with van der Waals surface area (Å²) in [5.74, 6) is 0.535. The molecule has 0 aliphatic rings. The van der Waals surface area contributed by atoms with Crippen LogP contribution in [0.1, 0.15) is 5.69 Å². The van der Waals surface area contributed by atoms with Crippen LogP contribution in [-0.2, 0) is 4.79 Å². The van der Waals surface area contributed by atoms with Crippen LogP contribution in [0.3, 0.4) is 0 Å². The van der Waals surface area contributed by atoms with Crippen molar-refractivity contribution in [2.24, 2.45) is 0 Å². The van der Waals surface area contributed by atoms with E-state index in [0.717, 1.165) is 15.9 Å². The van der Waals surface area contributed by atoms with Gasteiger partial charge in [-0.05, 0) is 31.2 Å². The molecule has 104 valence electrons. The average molecular weight is 353 g/mol. The molecule has 0 bridgehead atoms. The minimum Gasteiger partial charge on any atom is -0.384 e. The lowest BCUT2D eigenvalue weighted by atomic mass is 10.3. The van der Waals surface area contributed by atoms with E-state index in [1.165, 1.54) is 11.8 Å². The molecule has 1 amide bonds. The molecule has 3 N–H and O–H groups in total. The van der Waals surface area contributed by atoms with E-state index in [1.807, 2.05) is 31.2 Å². The van der Waals surface area contributed by atoms with Crippen molar-refractivity contribution in [1.82, 2.24) is 9.97 Å². The molecule has 7 heteroatoms. The number of amides is 1. The first-order valence-corrected chi connectivity index (χ1v) is 7.60. The van der Waals surface area contributed by atoms with Crippen LogP contribution in [0.4, 0.5) is 11.5 Å². The number of anilines is 2. The van der Waals surface area contributed by atoms with E-state index in [4.69, 9.17) is 5.73 Å². The number of hydrogen-bond donors (Lipinski definition) is 2. The highest BCUT2D eigenvalue weighted by molar-refractivity contribution is 9.10. The summed E-state index contributed by atoms with van der Waals surface area (Å²) in [6.07, 6.45) is 0. The summed E-state index contributed by atoms with van der Waals surface area (Å²) < 4.78 is 0.966. The topological polar surface area (TPSA) is 80.9 Å². The molecule has 20 heavy (non-hydrogen) atoms. The van der Waals surface area contributed by atoms with Gasteiger partial charge in [-0.1, -0.05) is 27.7 Å². The van der Waals surface area contributed by atoms with Crippen molar-refractivity contribution in [1.29, 1.82) is 0 Å². The summed E-state index contributed by atoms with van der Waals surface area (Å²) in [6, 6.07) is 9.08. The molecule has 0 saturated carbocycles. The highest BCUT2D eigenvalue weighted by Gasteiger charge is 2.06. The van der Waals surface area contributed by atoms with Gasteiger partial charge in [-0.3, -0.25) is 4.79 Å². The summed E-state index contributed by atoms with van der Waals surface area (Å²) in [5.41, 5.74) is 7.17. The van der Waals surface area contributed by atoms with E-state index in [1.54, 1.807) is 6.07 Å². The van der Waals surface area contributed by atoms with E-state index in [9.17, 15) is 4.79 Å². The van der Waals surface area contributed by atoms with Crippen molar-refractivity contribution < 1.29 is 4.79 Å². The van der Waals surface area contributed by atoms with Crippen LogP contribution in [0, 0.1) is 6.92 Å². The number of carbonyl (C=O) groups excluding carboxylic acids is 1. The van der Waals surface area contributed by atoms with Gasteiger partial charge >= 0.3 is 0 Å². The second kappa shape index (κ2) is 6.71. The summed E-state index contributed by atoms with van der Waals surface area (Å²) in [4.78, 5) is 20.1. The average Bonchev–Trinajstić information content (AvgIpc) is 2.38. The Bertz CT molecular complexity index is 598. The summed E-state index contributed by atoms with van der Waals surface area (Å²) in [6.45, 7) is 1.84. The number of hydrogen-bond acceptors (Lipinski definition) is 5. The molecule has 1 heterocycles. The fourth-order valence-electron chi connectivity index (χ4n) is 1.49. The number of benzene rings is 1. The van der Waals surface area contributed by atoms with Crippen LogP contribution in [-0.4, -0.2) is 21.6 Å². The standard InChI is InChI=1S/C13H13BrN4OS/c1-8-6-11(15)18-13(16-8)20-7-12(19)17-10-4-2-9(14)3-5-10/h2-6H,7H2,1H3,(H,17,19)(H2,15,16,18). The summed E-state index contributed by atoms with van der Waals surface area (Å²) >= 11 is 4.60. The second-order valence-electron chi connectivity index (χ2n) is 4.06. The molecule has 0 unspecified atom stereocenters. The molecule has 0 aliphatic heterocycles. The van der Waals surface area contributed by atoms with Crippen LogP contribution < -0.4 is 11.1 Å². The minimum absolute atomic E-state index is 0.110. The van der Waals surface area contributed by atoms with Gasteiger partial charge in [0.2, 0.25) is 5.91 Å². The molecule has 0 atom stereocenters. The Balaban J connectivity index is 1.90. The van der Waals surface area contributed by atoms with E-state index < -0.39 is 0 Å². The Morgan fingerprint density at radius 1 is 1.35 bits per heavy atom. The van der Waals surface area contributed by atoms with Gasteiger partial charge in [0.25, 0.3) is 0 Å². The van der Waals surface area contributed by atoms with Crippen LogP contribution in [0.2, 0.25) is 0 Å². The molecule has 0 radical (unpaired) electrons. The maximum atomic E-state index is 11.8. The molecule has 0 spiro atoms. The number of rotatable bonds is 4. The lowest BCUT2D eigenvalue weighted by molar-refractivity contribution is -0.113. The normalized spacial score (nSPS) is 10.3. The number of nitrogens with two attached hydrogens (primary N) is 1. The molecular weight excluding hydrogens is 340 g/mol. The lowest BCUT2D eigenvalue weighted by Gasteiger charge is -2.05. The number of halogens is 1. The van der Waals surface area contributed by atoms with Gasteiger partial charge in [0.1, 0.15) is 5.82 Å². The number of nitrogen functional groups attached to an aromatic ring is 1. The maximum Gasteiger partial charge on any atom is 0.234 e. The molecule has 1 aromatic heterocycles. The Kier molecular flexibility index (Phi) is 4.97. The SMILES string of the molecule is Cc1cc(N)nc(SCC(=O)Nc2ccc(Br)cc2)n1. The van der Waals surface area contributed by atoms with Gasteiger partial charge in [0.05, 0.1) is 5.75 Å². The van der Waals surface area contributed by atoms with Crippen molar-refractivity contribution in [3.63, 3.8) is 0 Å². The summed E-state index contributed by atoms with van der Waals surface area (Å²) in [7, 11) is 0. The van der Waals surface area contributed by atoms with Gasteiger partial charge in [0, 0.05) is 21.9 Å². The molecule has 0 aliphatic carbocycles. The second-order valence-corrected chi connectivity index (χ2v) is 5.92. The van der Waals surface area contributed by atoms with Gasteiger partial charge in [-0.15, -0.1) is 0 Å². The van der Waals surface area contributed by atoms with Crippen molar-refractivity contribution in [3.05, 3.63) is 40.5 Å². The molecule has 5 nitrogen and oxygen atoms in total. The van der Waals surface area contributed by atoms with Gasteiger partial charge in [0.15, 0.2) is 5.16 Å². The van der Waals surface area contributed by atoms with E-state index >= 15 is 0 Å². The van der Waals surface area contributed by atoms with E-state index in [2.05, 4.69) is 31.2 Å². The number of nitrogens with one attached hydrogen (secondary N) is 1. The number of thioether (sulfide) groups is 1. The van der Waals surface area contributed by atoms with Crippen LogP contribution in [0.5, 0.6) is 0 Å². The van der Waals surface area contributed by atoms with E-state index in [0.29, 0.717) is 11.0 Å². The minimum atomic E-state index is -0.110. The third-order valence-electron chi connectivity index (χ3n) is 2.31. The molecule has 2 rings (SSSR count). The van der Waals surface area contributed by atoms with Crippen molar-refractivity contribution >= 4 is 45.1 Å². The number of aryl methyl sites for hydroxylation is 1. The molecular formula is C13H13BrN4OS.